The number of nitro benzene ring substituents is 1. The molecule has 0 radical (unpaired) electrons. The maximum absolute atomic E-state index is 12.2. The van der Waals surface area contributed by atoms with Gasteiger partial charge in [-0.05, 0) is 42.7 Å². The Labute approximate surface area is 145 Å². The highest BCUT2D eigenvalue weighted by molar-refractivity contribution is 6.32. The van der Waals surface area contributed by atoms with E-state index in [1.165, 1.54) is 18.6 Å². The van der Waals surface area contributed by atoms with Gasteiger partial charge in [-0.15, -0.1) is 0 Å². The Bertz CT molecular complexity index is 759. The first-order chi connectivity index (χ1) is 11.2. The SMILES string of the molecule is CC1(C)[C@H]2CC[C@]1(C)/C(=N\OC(=O)c1ccc(Cl)c([N+](=O)[O-])c1)C2. The van der Waals surface area contributed by atoms with Crippen molar-refractivity contribution in [2.24, 2.45) is 21.9 Å². The Morgan fingerprint density at radius 2 is 2.12 bits per heavy atom. The summed E-state index contributed by atoms with van der Waals surface area (Å²) in [7, 11) is 0. The summed E-state index contributed by atoms with van der Waals surface area (Å²) in [6.45, 7) is 6.63. The van der Waals surface area contributed by atoms with Crippen molar-refractivity contribution in [3.63, 3.8) is 0 Å². The zero-order valence-electron chi connectivity index (χ0n) is 13.8. The van der Waals surface area contributed by atoms with Gasteiger partial charge < -0.3 is 4.84 Å². The van der Waals surface area contributed by atoms with Crippen LogP contribution in [0.25, 0.3) is 0 Å². The number of rotatable bonds is 3. The maximum Gasteiger partial charge on any atom is 0.365 e. The minimum atomic E-state index is -0.716. The number of carbonyl (C=O) groups is 1. The first-order valence-corrected chi connectivity index (χ1v) is 8.27. The summed E-state index contributed by atoms with van der Waals surface area (Å²) < 4.78 is 0. The predicted molar refractivity (Wildman–Crippen MR) is 90.2 cm³/mol. The van der Waals surface area contributed by atoms with Crippen molar-refractivity contribution in [1.29, 1.82) is 0 Å². The van der Waals surface area contributed by atoms with Gasteiger partial charge in [0.1, 0.15) is 5.02 Å². The van der Waals surface area contributed by atoms with Crippen molar-refractivity contribution in [1.82, 2.24) is 0 Å². The van der Waals surface area contributed by atoms with E-state index in [1.54, 1.807) is 0 Å². The fourth-order valence-electron chi connectivity index (χ4n) is 4.00. The van der Waals surface area contributed by atoms with Crippen molar-refractivity contribution in [3.8, 4) is 0 Å². The molecule has 24 heavy (non-hydrogen) atoms. The molecule has 2 aliphatic carbocycles. The molecule has 0 spiro atoms. The van der Waals surface area contributed by atoms with Crippen LogP contribution in [0.15, 0.2) is 23.4 Å². The summed E-state index contributed by atoms with van der Waals surface area (Å²) in [6, 6.07) is 3.81. The summed E-state index contributed by atoms with van der Waals surface area (Å²) in [5.41, 5.74) is 0.705. The summed E-state index contributed by atoms with van der Waals surface area (Å²) in [4.78, 5) is 27.5. The van der Waals surface area contributed by atoms with Gasteiger partial charge in [0.05, 0.1) is 16.2 Å². The van der Waals surface area contributed by atoms with Gasteiger partial charge >= 0.3 is 5.97 Å². The van der Waals surface area contributed by atoms with E-state index < -0.39 is 10.9 Å². The van der Waals surface area contributed by atoms with Gasteiger partial charge in [-0.25, -0.2) is 4.79 Å². The predicted octanol–water partition coefficient (Wildman–Crippen LogP) is 4.61. The maximum atomic E-state index is 12.2. The Hall–Kier alpha value is -1.95. The molecule has 0 N–H and O–H groups in total. The molecule has 0 aliphatic heterocycles. The molecule has 2 atom stereocenters. The second-order valence-corrected chi connectivity index (χ2v) is 7.74. The molecule has 1 aromatic rings. The first kappa shape index (κ1) is 16.9. The zero-order chi connectivity index (χ0) is 17.7. The normalized spacial score (nSPS) is 29.0. The Balaban J connectivity index is 1.80. The van der Waals surface area contributed by atoms with Crippen LogP contribution in [0.1, 0.15) is 50.4 Å². The highest BCUT2D eigenvalue weighted by Crippen LogP contribution is 2.64. The molecule has 2 saturated carbocycles. The topological polar surface area (TPSA) is 81.8 Å². The number of nitrogens with zero attached hydrogens (tertiary/aromatic N) is 2. The molecule has 7 heteroatoms. The van der Waals surface area contributed by atoms with E-state index in [4.69, 9.17) is 16.4 Å². The summed E-state index contributed by atoms with van der Waals surface area (Å²) in [5, 5.41) is 15.0. The lowest BCUT2D eigenvalue weighted by Gasteiger charge is -2.34. The molecule has 0 aromatic heterocycles. The molecule has 2 fully saturated rings. The molecular weight excluding hydrogens is 332 g/mol. The van der Waals surface area contributed by atoms with Crippen LogP contribution in [0.5, 0.6) is 0 Å². The zero-order valence-corrected chi connectivity index (χ0v) is 14.6. The molecule has 6 nitrogen and oxygen atoms in total. The van der Waals surface area contributed by atoms with Gasteiger partial charge in [0.15, 0.2) is 0 Å². The van der Waals surface area contributed by atoms with E-state index in [2.05, 4.69) is 25.9 Å². The van der Waals surface area contributed by atoms with E-state index in [0.29, 0.717) is 5.92 Å². The lowest BCUT2D eigenvalue weighted by Crippen LogP contribution is -2.32. The minimum Gasteiger partial charge on any atom is -0.313 e. The first-order valence-electron chi connectivity index (χ1n) is 7.89. The van der Waals surface area contributed by atoms with Crippen LogP contribution in [0.4, 0.5) is 5.69 Å². The highest BCUT2D eigenvalue weighted by Gasteiger charge is 2.60. The smallest absolute Gasteiger partial charge is 0.313 e. The highest BCUT2D eigenvalue weighted by atomic mass is 35.5. The third-order valence-electron chi connectivity index (χ3n) is 6.13. The van der Waals surface area contributed by atoms with Gasteiger partial charge in [-0.3, -0.25) is 10.1 Å². The van der Waals surface area contributed by atoms with Crippen LogP contribution < -0.4 is 0 Å². The fraction of sp³-hybridized carbons (Fsp3) is 0.529. The number of nitro groups is 1. The largest absolute Gasteiger partial charge is 0.365 e. The summed E-state index contributed by atoms with van der Waals surface area (Å²) >= 11 is 5.75. The average molecular weight is 351 g/mol. The van der Waals surface area contributed by atoms with Gasteiger partial charge in [0.2, 0.25) is 0 Å². The second kappa shape index (κ2) is 5.55. The molecule has 3 rings (SSSR count). The van der Waals surface area contributed by atoms with Gasteiger partial charge in [-0.2, -0.15) is 0 Å². The van der Waals surface area contributed by atoms with E-state index in [9.17, 15) is 14.9 Å². The van der Waals surface area contributed by atoms with Crippen LogP contribution in [-0.4, -0.2) is 16.6 Å². The van der Waals surface area contributed by atoms with Crippen LogP contribution in [0, 0.1) is 26.9 Å². The van der Waals surface area contributed by atoms with Crippen LogP contribution >= 0.6 is 11.6 Å². The molecule has 2 aliphatic rings. The monoisotopic (exact) mass is 350 g/mol. The van der Waals surface area contributed by atoms with E-state index in [-0.39, 0.29) is 27.1 Å². The second-order valence-electron chi connectivity index (χ2n) is 7.33. The quantitative estimate of drug-likeness (QED) is 0.453. The fourth-order valence-corrected chi connectivity index (χ4v) is 4.18. The molecule has 0 heterocycles. The van der Waals surface area contributed by atoms with Crippen LogP contribution in [-0.2, 0) is 4.84 Å². The lowest BCUT2D eigenvalue weighted by atomic mass is 9.70. The standard InChI is InChI=1S/C17H19ClN2O4/c1-16(2)11-6-7-17(16,3)14(9-11)19-24-15(21)10-4-5-12(18)13(8-10)20(22)23/h4-5,8,11H,6-7,9H2,1-3H3/b19-14-/t11-,17+/m0/s1. The number of hydrogen-bond acceptors (Lipinski definition) is 5. The van der Waals surface area contributed by atoms with Crippen molar-refractivity contribution >= 4 is 29.0 Å². The van der Waals surface area contributed by atoms with Gasteiger partial charge in [0, 0.05) is 11.5 Å². The lowest BCUT2D eigenvalue weighted by molar-refractivity contribution is -0.384. The van der Waals surface area contributed by atoms with Crippen LogP contribution in [0.2, 0.25) is 5.02 Å². The van der Waals surface area contributed by atoms with Crippen LogP contribution in [0.3, 0.4) is 0 Å². The molecule has 0 amide bonds. The van der Waals surface area contributed by atoms with E-state index in [0.717, 1.165) is 24.6 Å². The minimum absolute atomic E-state index is 0.0229. The number of hydrogen-bond donors (Lipinski definition) is 0. The van der Waals surface area contributed by atoms with Crippen molar-refractivity contribution in [2.75, 3.05) is 0 Å². The Kier molecular flexibility index (Phi) is 3.91. The third-order valence-corrected chi connectivity index (χ3v) is 6.45. The Morgan fingerprint density at radius 3 is 2.67 bits per heavy atom. The van der Waals surface area contributed by atoms with Gasteiger partial charge in [0.25, 0.3) is 5.69 Å². The number of oxime groups is 1. The summed E-state index contributed by atoms with van der Waals surface area (Å²) in [6.07, 6.45) is 3.03. The van der Waals surface area contributed by atoms with E-state index >= 15 is 0 Å². The van der Waals surface area contributed by atoms with Crippen molar-refractivity contribution in [2.45, 2.75) is 40.0 Å². The number of carbonyl (C=O) groups excluding carboxylic acids is 1. The molecule has 2 bridgehead atoms. The number of halogens is 1. The van der Waals surface area contributed by atoms with Crippen molar-refractivity contribution < 1.29 is 14.6 Å². The molecule has 0 unspecified atom stereocenters. The van der Waals surface area contributed by atoms with E-state index in [1.807, 2.05) is 0 Å². The number of fused-ring (bicyclic) bond motifs is 2. The summed E-state index contributed by atoms with van der Waals surface area (Å²) in [5.74, 6) is -0.164. The molecule has 0 saturated heterocycles. The van der Waals surface area contributed by atoms with Crippen molar-refractivity contribution in [3.05, 3.63) is 38.9 Å². The van der Waals surface area contributed by atoms with Gasteiger partial charge in [-0.1, -0.05) is 37.5 Å². The molecular formula is C17H19ClN2O4. The molecule has 1 aromatic carbocycles. The Morgan fingerprint density at radius 1 is 1.42 bits per heavy atom. The molecule has 128 valence electrons. The number of benzene rings is 1. The average Bonchev–Trinajstić information content (AvgIpc) is 2.85. The third kappa shape index (κ3) is 2.40.